The minimum Gasteiger partial charge on any atom is -0.494 e. The minimum absolute atomic E-state index is 0.248. The molecule has 0 saturated carbocycles. The molecular formula is C26H33ClO6. The molecule has 2 aromatic carbocycles. The van der Waals surface area contributed by atoms with E-state index in [-0.39, 0.29) is 13.0 Å². The van der Waals surface area contributed by atoms with Crippen LogP contribution in [0.25, 0.3) is 0 Å². The van der Waals surface area contributed by atoms with Crippen molar-refractivity contribution < 1.29 is 29.2 Å². The Balaban J connectivity index is 1.63. The number of halogens is 1. The Morgan fingerprint density at radius 3 is 2.64 bits per heavy atom. The normalized spacial score (nSPS) is 26.2. The summed E-state index contributed by atoms with van der Waals surface area (Å²) in [6.07, 6.45) is 0.815. The van der Waals surface area contributed by atoms with Crippen LogP contribution in [-0.4, -0.2) is 55.0 Å². The third-order valence-corrected chi connectivity index (χ3v) is 6.55. The molecule has 0 spiro atoms. The van der Waals surface area contributed by atoms with Gasteiger partial charge in [0.15, 0.2) is 0 Å². The van der Waals surface area contributed by atoms with E-state index in [0.717, 1.165) is 41.7 Å². The summed E-state index contributed by atoms with van der Waals surface area (Å²) in [6, 6.07) is 11.9. The summed E-state index contributed by atoms with van der Waals surface area (Å²) in [5.74, 6) is 1.51. The van der Waals surface area contributed by atoms with E-state index in [9.17, 15) is 10.2 Å². The number of aliphatic hydroxyl groups excluding tert-OH is 2. The van der Waals surface area contributed by atoms with E-state index in [1.807, 2.05) is 43.3 Å². The average Bonchev–Trinajstić information content (AvgIpc) is 2.82. The highest BCUT2D eigenvalue weighted by Gasteiger charge is 2.38. The summed E-state index contributed by atoms with van der Waals surface area (Å²) in [6.45, 7) is 4.01. The van der Waals surface area contributed by atoms with Gasteiger partial charge in [0.2, 0.25) is 0 Å². The zero-order valence-corrected chi connectivity index (χ0v) is 19.8. The molecule has 1 fully saturated rings. The first kappa shape index (κ1) is 24.3. The highest BCUT2D eigenvalue weighted by Crippen LogP contribution is 2.40. The number of ether oxygens (including phenoxy) is 4. The van der Waals surface area contributed by atoms with Crippen LogP contribution in [0.2, 0.25) is 5.02 Å². The molecule has 33 heavy (non-hydrogen) atoms. The van der Waals surface area contributed by atoms with Crippen molar-refractivity contribution in [3.05, 3.63) is 58.1 Å². The van der Waals surface area contributed by atoms with Crippen molar-refractivity contribution in [1.82, 2.24) is 0 Å². The average molecular weight is 477 g/mol. The van der Waals surface area contributed by atoms with Gasteiger partial charge in [0.05, 0.1) is 32.0 Å². The van der Waals surface area contributed by atoms with Gasteiger partial charge < -0.3 is 29.2 Å². The van der Waals surface area contributed by atoms with Crippen molar-refractivity contribution in [3.63, 3.8) is 0 Å². The summed E-state index contributed by atoms with van der Waals surface area (Å²) >= 11 is 6.67. The zero-order valence-electron chi connectivity index (χ0n) is 19.0. The Morgan fingerprint density at radius 2 is 1.85 bits per heavy atom. The molecule has 0 radical (unpaired) electrons. The molecule has 4 atom stereocenters. The molecule has 2 bridgehead atoms. The van der Waals surface area contributed by atoms with Gasteiger partial charge in [-0.3, -0.25) is 0 Å². The molecule has 2 N–H and O–H groups in total. The second kappa shape index (κ2) is 11.5. The SMILES string of the molecule is CCOc1ccc(Cc2cc3c(cc2Cl)OCCCCCOCC2OC3CC(O)C2O)cc1. The van der Waals surface area contributed by atoms with E-state index in [1.54, 1.807) is 0 Å². The number of rotatable bonds is 4. The summed E-state index contributed by atoms with van der Waals surface area (Å²) in [5.41, 5.74) is 2.90. The fourth-order valence-corrected chi connectivity index (χ4v) is 4.60. The lowest BCUT2D eigenvalue weighted by Crippen LogP contribution is -2.47. The topological polar surface area (TPSA) is 77.4 Å². The molecule has 180 valence electrons. The molecule has 2 aromatic rings. The first-order valence-corrected chi connectivity index (χ1v) is 12.2. The van der Waals surface area contributed by atoms with Gasteiger partial charge in [0.1, 0.15) is 23.7 Å². The lowest BCUT2D eigenvalue weighted by molar-refractivity contribution is -0.187. The molecule has 2 heterocycles. The van der Waals surface area contributed by atoms with E-state index in [2.05, 4.69) is 0 Å². The largest absolute Gasteiger partial charge is 0.494 e. The second-order valence-electron chi connectivity index (χ2n) is 8.68. The zero-order chi connectivity index (χ0) is 23.2. The standard InChI is InChI=1S/C26H33ClO6/c1-2-31-19-8-6-17(7-9-19)12-18-13-20-23(14-21(18)27)32-11-5-3-4-10-30-16-25-26(29)22(28)15-24(20)33-25/h6-9,13-14,22,24-26,28-29H,2-5,10-12,15-16H2,1H3. The predicted molar refractivity (Wildman–Crippen MR) is 126 cm³/mol. The maximum absolute atomic E-state index is 10.5. The highest BCUT2D eigenvalue weighted by atomic mass is 35.5. The van der Waals surface area contributed by atoms with Gasteiger partial charge in [-0.2, -0.15) is 0 Å². The molecule has 7 heteroatoms. The molecule has 4 unspecified atom stereocenters. The first-order valence-electron chi connectivity index (χ1n) is 11.8. The van der Waals surface area contributed by atoms with E-state index in [4.69, 9.17) is 30.5 Å². The quantitative estimate of drug-likeness (QED) is 0.678. The van der Waals surface area contributed by atoms with E-state index < -0.39 is 24.4 Å². The Kier molecular flexibility index (Phi) is 8.50. The van der Waals surface area contributed by atoms with Crippen LogP contribution in [0.15, 0.2) is 36.4 Å². The van der Waals surface area contributed by atoms with E-state index >= 15 is 0 Å². The predicted octanol–water partition coefficient (Wildman–Crippen LogP) is 4.46. The molecule has 0 aliphatic carbocycles. The van der Waals surface area contributed by atoms with Crippen molar-refractivity contribution in [3.8, 4) is 11.5 Å². The summed E-state index contributed by atoms with van der Waals surface area (Å²) in [4.78, 5) is 0. The molecule has 2 aliphatic rings. The molecule has 0 amide bonds. The van der Waals surface area contributed by atoms with Gasteiger partial charge in [-0.1, -0.05) is 23.7 Å². The molecule has 1 saturated heterocycles. The smallest absolute Gasteiger partial charge is 0.126 e. The van der Waals surface area contributed by atoms with Crippen LogP contribution >= 0.6 is 11.6 Å². The van der Waals surface area contributed by atoms with Gasteiger partial charge in [-0.25, -0.2) is 0 Å². The van der Waals surface area contributed by atoms with Crippen molar-refractivity contribution >= 4 is 11.6 Å². The Bertz CT molecular complexity index is 902. The summed E-state index contributed by atoms with van der Waals surface area (Å²) < 4.78 is 23.6. The Labute approximate surface area is 200 Å². The lowest BCUT2D eigenvalue weighted by atomic mass is 9.91. The second-order valence-corrected chi connectivity index (χ2v) is 9.08. The minimum atomic E-state index is -0.980. The molecular weight excluding hydrogens is 444 g/mol. The van der Waals surface area contributed by atoms with Crippen LogP contribution in [0, 0.1) is 0 Å². The maximum Gasteiger partial charge on any atom is 0.126 e. The monoisotopic (exact) mass is 476 g/mol. The Hall–Kier alpha value is -1.83. The number of aliphatic hydroxyl groups is 2. The van der Waals surface area contributed by atoms with Crippen LogP contribution in [0.3, 0.4) is 0 Å². The maximum atomic E-state index is 10.5. The highest BCUT2D eigenvalue weighted by molar-refractivity contribution is 6.31. The van der Waals surface area contributed by atoms with Gasteiger partial charge in [0, 0.05) is 23.6 Å². The van der Waals surface area contributed by atoms with Crippen LogP contribution < -0.4 is 9.47 Å². The van der Waals surface area contributed by atoms with E-state index in [0.29, 0.717) is 37.0 Å². The third kappa shape index (κ3) is 6.19. The summed E-state index contributed by atoms with van der Waals surface area (Å²) in [7, 11) is 0. The van der Waals surface area contributed by atoms with Gasteiger partial charge >= 0.3 is 0 Å². The van der Waals surface area contributed by atoms with Crippen LogP contribution in [0.5, 0.6) is 11.5 Å². The van der Waals surface area contributed by atoms with Crippen LogP contribution in [-0.2, 0) is 15.9 Å². The van der Waals surface area contributed by atoms with Gasteiger partial charge in [0.25, 0.3) is 0 Å². The number of hydrogen-bond donors (Lipinski definition) is 2. The van der Waals surface area contributed by atoms with Gasteiger partial charge in [-0.05, 0) is 68.0 Å². The van der Waals surface area contributed by atoms with Gasteiger partial charge in [-0.15, -0.1) is 0 Å². The van der Waals surface area contributed by atoms with Crippen molar-refractivity contribution in [2.45, 2.75) is 63.4 Å². The fourth-order valence-electron chi connectivity index (χ4n) is 4.38. The van der Waals surface area contributed by atoms with Crippen molar-refractivity contribution in [2.24, 2.45) is 0 Å². The number of benzene rings is 2. The summed E-state index contributed by atoms with van der Waals surface area (Å²) in [5, 5.41) is 21.6. The number of fused-ring (bicyclic) bond motifs is 4. The van der Waals surface area contributed by atoms with Crippen LogP contribution in [0.4, 0.5) is 0 Å². The van der Waals surface area contributed by atoms with Crippen molar-refractivity contribution in [1.29, 1.82) is 0 Å². The molecule has 0 aromatic heterocycles. The molecule has 6 nitrogen and oxygen atoms in total. The lowest BCUT2D eigenvalue weighted by Gasteiger charge is -2.37. The van der Waals surface area contributed by atoms with E-state index in [1.165, 1.54) is 0 Å². The molecule has 4 rings (SSSR count). The van der Waals surface area contributed by atoms with Crippen LogP contribution in [0.1, 0.15) is 55.4 Å². The third-order valence-electron chi connectivity index (χ3n) is 6.20. The first-order chi connectivity index (χ1) is 16.0. The number of hydrogen-bond acceptors (Lipinski definition) is 6. The van der Waals surface area contributed by atoms with Crippen molar-refractivity contribution in [2.75, 3.05) is 26.4 Å². The molecule has 2 aliphatic heterocycles. The Morgan fingerprint density at radius 1 is 1.06 bits per heavy atom. The fraction of sp³-hybridized carbons (Fsp3) is 0.538.